The van der Waals surface area contributed by atoms with Gasteiger partial charge in [-0.1, -0.05) is 47.6 Å². The van der Waals surface area contributed by atoms with E-state index >= 15 is 0 Å². The molecule has 0 aromatic carbocycles. The number of hydrogen-bond donors (Lipinski definition) is 0. The minimum Gasteiger partial charge on any atom is -0.462 e. The predicted octanol–water partition coefficient (Wildman–Crippen LogP) is 4.45. The van der Waals surface area contributed by atoms with Crippen LogP contribution in [-0.4, -0.2) is 12.6 Å². The van der Waals surface area contributed by atoms with E-state index in [-0.39, 0.29) is 5.97 Å². The zero-order valence-corrected chi connectivity index (χ0v) is 13.1. The average molecular weight is 254 g/mol. The fourth-order valence-corrected chi connectivity index (χ4v) is 1.23. The quantitative estimate of drug-likeness (QED) is 0.495. The minimum atomic E-state index is -0.168. The Kier molecular flexibility index (Phi) is 7.97. The van der Waals surface area contributed by atoms with Crippen LogP contribution in [0.1, 0.15) is 54.9 Å². The number of allylic oxidation sites excluding steroid dienone is 1. The van der Waals surface area contributed by atoms with Crippen molar-refractivity contribution in [3.05, 3.63) is 11.6 Å². The van der Waals surface area contributed by atoms with Gasteiger partial charge >= 0.3 is 5.97 Å². The first-order valence-electron chi connectivity index (χ1n) is 7.09. The van der Waals surface area contributed by atoms with Crippen LogP contribution >= 0.6 is 0 Å². The van der Waals surface area contributed by atoms with Gasteiger partial charge in [-0.15, -0.1) is 0 Å². The van der Waals surface area contributed by atoms with Crippen LogP contribution in [0.5, 0.6) is 0 Å². The lowest BCUT2D eigenvalue weighted by Gasteiger charge is -2.16. The van der Waals surface area contributed by atoms with E-state index in [2.05, 4.69) is 41.5 Å². The molecule has 0 heterocycles. The maximum atomic E-state index is 11.8. The molecule has 0 aromatic rings. The lowest BCUT2D eigenvalue weighted by Crippen LogP contribution is -2.16. The molecule has 0 saturated carbocycles. The molecular weight excluding hydrogens is 224 g/mol. The molecule has 0 saturated heterocycles. The summed E-state index contributed by atoms with van der Waals surface area (Å²) >= 11 is 0. The van der Waals surface area contributed by atoms with Gasteiger partial charge in [-0.2, -0.15) is 0 Å². The van der Waals surface area contributed by atoms with Crippen molar-refractivity contribution in [3.63, 3.8) is 0 Å². The predicted molar refractivity (Wildman–Crippen MR) is 77.3 cm³/mol. The van der Waals surface area contributed by atoms with Gasteiger partial charge in [0.2, 0.25) is 0 Å². The molecule has 0 aliphatic carbocycles. The normalized spacial score (nSPS) is 15.9. The van der Waals surface area contributed by atoms with Gasteiger partial charge < -0.3 is 4.74 Å². The fraction of sp³-hybridized carbons (Fsp3) is 0.812. The highest BCUT2D eigenvalue weighted by Gasteiger charge is 2.12. The monoisotopic (exact) mass is 254 g/mol. The third kappa shape index (κ3) is 6.83. The Balaban J connectivity index is 4.14. The largest absolute Gasteiger partial charge is 0.462 e. The van der Waals surface area contributed by atoms with E-state index in [0.717, 1.165) is 12.0 Å². The summed E-state index contributed by atoms with van der Waals surface area (Å²) in [6.45, 7) is 15.4. The number of esters is 1. The van der Waals surface area contributed by atoms with Crippen molar-refractivity contribution >= 4 is 5.97 Å². The summed E-state index contributed by atoms with van der Waals surface area (Å²) in [5.74, 6) is 2.03. The molecule has 0 N–H and O–H groups in total. The summed E-state index contributed by atoms with van der Waals surface area (Å²) < 4.78 is 5.31. The third-order valence-corrected chi connectivity index (χ3v) is 3.87. The molecule has 2 atom stereocenters. The van der Waals surface area contributed by atoms with E-state index in [1.54, 1.807) is 0 Å². The Hall–Kier alpha value is -0.790. The van der Waals surface area contributed by atoms with Crippen LogP contribution in [-0.2, 0) is 9.53 Å². The Bertz CT molecular complexity index is 277. The standard InChI is InChI=1S/C16H30O2/c1-11(2)13(5)8-9-14(6)16(17)18-10-15(7)12(3)4/h9,11-13,15H,8,10H2,1-7H3. The van der Waals surface area contributed by atoms with E-state index in [1.807, 2.05) is 13.0 Å². The van der Waals surface area contributed by atoms with Crippen LogP contribution in [0.25, 0.3) is 0 Å². The van der Waals surface area contributed by atoms with Crippen molar-refractivity contribution < 1.29 is 9.53 Å². The highest BCUT2D eigenvalue weighted by molar-refractivity contribution is 5.87. The van der Waals surface area contributed by atoms with Crippen molar-refractivity contribution in [1.82, 2.24) is 0 Å². The van der Waals surface area contributed by atoms with Gasteiger partial charge in [0.05, 0.1) is 6.61 Å². The van der Waals surface area contributed by atoms with E-state index < -0.39 is 0 Å². The molecule has 0 radical (unpaired) electrons. The topological polar surface area (TPSA) is 26.3 Å². The van der Waals surface area contributed by atoms with Gasteiger partial charge in [-0.3, -0.25) is 0 Å². The highest BCUT2D eigenvalue weighted by atomic mass is 16.5. The molecule has 0 spiro atoms. The Morgan fingerprint density at radius 1 is 1.00 bits per heavy atom. The second-order valence-electron chi connectivity index (χ2n) is 6.16. The molecule has 18 heavy (non-hydrogen) atoms. The molecule has 2 nitrogen and oxygen atoms in total. The van der Waals surface area contributed by atoms with Crippen molar-refractivity contribution in [3.8, 4) is 0 Å². The number of hydrogen-bond acceptors (Lipinski definition) is 2. The second kappa shape index (κ2) is 8.34. The summed E-state index contributed by atoms with van der Waals surface area (Å²) in [7, 11) is 0. The van der Waals surface area contributed by atoms with E-state index in [4.69, 9.17) is 4.74 Å². The lowest BCUT2D eigenvalue weighted by molar-refractivity contribution is -0.140. The molecule has 0 fully saturated rings. The molecule has 0 aliphatic heterocycles. The van der Waals surface area contributed by atoms with Crippen molar-refractivity contribution in [2.24, 2.45) is 23.7 Å². The summed E-state index contributed by atoms with van der Waals surface area (Å²) in [5, 5.41) is 0. The van der Waals surface area contributed by atoms with Crippen LogP contribution in [0.15, 0.2) is 11.6 Å². The Morgan fingerprint density at radius 3 is 1.94 bits per heavy atom. The third-order valence-electron chi connectivity index (χ3n) is 3.87. The Morgan fingerprint density at radius 2 is 1.50 bits per heavy atom. The average Bonchev–Trinajstić information content (AvgIpc) is 2.31. The van der Waals surface area contributed by atoms with Crippen LogP contribution in [0.4, 0.5) is 0 Å². The molecule has 0 rings (SSSR count). The van der Waals surface area contributed by atoms with Crippen molar-refractivity contribution in [2.45, 2.75) is 54.9 Å². The first-order chi connectivity index (χ1) is 8.25. The molecule has 2 unspecified atom stereocenters. The molecule has 2 heteroatoms. The summed E-state index contributed by atoms with van der Waals surface area (Å²) in [6, 6.07) is 0. The maximum Gasteiger partial charge on any atom is 0.333 e. The van der Waals surface area contributed by atoms with E-state index in [0.29, 0.717) is 30.3 Å². The van der Waals surface area contributed by atoms with E-state index in [9.17, 15) is 4.79 Å². The van der Waals surface area contributed by atoms with Crippen LogP contribution in [0.2, 0.25) is 0 Å². The molecular formula is C16H30O2. The smallest absolute Gasteiger partial charge is 0.333 e. The number of carbonyl (C=O) groups is 1. The summed E-state index contributed by atoms with van der Waals surface area (Å²) in [6.07, 6.45) is 2.95. The Labute approximate surface area is 113 Å². The molecule has 0 aromatic heterocycles. The molecule has 0 bridgehead atoms. The van der Waals surface area contributed by atoms with Gasteiger partial charge in [-0.05, 0) is 37.0 Å². The van der Waals surface area contributed by atoms with Gasteiger partial charge in [0, 0.05) is 5.57 Å². The lowest BCUT2D eigenvalue weighted by atomic mass is 9.94. The first-order valence-corrected chi connectivity index (χ1v) is 7.09. The molecule has 106 valence electrons. The van der Waals surface area contributed by atoms with Crippen LogP contribution < -0.4 is 0 Å². The van der Waals surface area contributed by atoms with Gasteiger partial charge in [0.25, 0.3) is 0 Å². The second-order valence-corrected chi connectivity index (χ2v) is 6.16. The summed E-state index contributed by atoms with van der Waals surface area (Å²) in [4.78, 5) is 11.8. The first kappa shape index (κ1) is 17.2. The highest BCUT2D eigenvalue weighted by Crippen LogP contribution is 2.16. The van der Waals surface area contributed by atoms with Crippen LogP contribution in [0, 0.1) is 23.7 Å². The van der Waals surface area contributed by atoms with Crippen molar-refractivity contribution in [1.29, 1.82) is 0 Å². The molecule has 0 amide bonds. The zero-order valence-electron chi connectivity index (χ0n) is 13.1. The van der Waals surface area contributed by atoms with Gasteiger partial charge in [-0.25, -0.2) is 4.79 Å². The SMILES string of the molecule is CC(=CCC(C)C(C)C)C(=O)OCC(C)C(C)C. The van der Waals surface area contributed by atoms with E-state index in [1.165, 1.54) is 0 Å². The number of rotatable bonds is 7. The van der Waals surface area contributed by atoms with Gasteiger partial charge in [0.15, 0.2) is 0 Å². The maximum absolute atomic E-state index is 11.8. The van der Waals surface area contributed by atoms with Gasteiger partial charge in [0.1, 0.15) is 0 Å². The minimum absolute atomic E-state index is 0.168. The number of ether oxygens (including phenoxy) is 1. The summed E-state index contributed by atoms with van der Waals surface area (Å²) in [5.41, 5.74) is 0.735. The number of carbonyl (C=O) groups excluding carboxylic acids is 1. The van der Waals surface area contributed by atoms with Crippen LogP contribution in [0.3, 0.4) is 0 Å². The molecule has 0 aliphatic rings. The van der Waals surface area contributed by atoms with Crippen molar-refractivity contribution in [2.75, 3.05) is 6.61 Å². The fourth-order valence-electron chi connectivity index (χ4n) is 1.23. The zero-order chi connectivity index (χ0) is 14.3.